The zero-order valence-corrected chi connectivity index (χ0v) is 13.2. The summed E-state index contributed by atoms with van der Waals surface area (Å²) in [6.45, 7) is 12.9. The van der Waals surface area contributed by atoms with Crippen LogP contribution in [0.3, 0.4) is 0 Å². The largest absolute Gasteiger partial charge is 0.331 e. The molecule has 0 aromatic carbocycles. The fourth-order valence-corrected chi connectivity index (χ4v) is 4.15. The Bertz CT molecular complexity index is 281. The normalized spacial score (nSPS) is 22.1. The second kappa shape index (κ2) is 6.54. The van der Waals surface area contributed by atoms with E-state index >= 15 is 0 Å². The second-order valence-corrected chi connectivity index (χ2v) is 6.64. The first-order chi connectivity index (χ1) is 8.36. The van der Waals surface area contributed by atoms with E-state index in [9.17, 15) is 4.57 Å². The first-order valence-corrected chi connectivity index (χ1v) is 8.19. The summed E-state index contributed by atoms with van der Waals surface area (Å²) < 4.78 is 23.3. The van der Waals surface area contributed by atoms with Crippen molar-refractivity contribution in [2.24, 2.45) is 0 Å². The van der Waals surface area contributed by atoms with Gasteiger partial charge in [-0.2, -0.15) is 0 Å². The van der Waals surface area contributed by atoms with Crippen LogP contribution in [0.4, 0.5) is 0 Å². The van der Waals surface area contributed by atoms with Crippen LogP contribution in [-0.2, 0) is 13.6 Å². The molecule has 0 aromatic rings. The first kappa shape index (κ1) is 16.2. The van der Waals surface area contributed by atoms with Crippen molar-refractivity contribution in [1.29, 1.82) is 0 Å². The molecule has 1 aliphatic rings. The van der Waals surface area contributed by atoms with Crippen LogP contribution >= 0.6 is 7.60 Å². The maximum Gasteiger partial charge on any atom is 0.331 e. The smallest absolute Gasteiger partial charge is 0.309 e. The topological polar surface area (TPSA) is 35.5 Å². The van der Waals surface area contributed by atoms with Gasteiger partial charge in [0.05, 0.1) is 19.4 Å². The van der Waals surface area contributed by atoms with Crippen molar-refractivity contribution >= 4 is 7.60 Å². The summed E-state index contributed by atoms with van der Waals surface area (Å²) in [6, 6.07) is 0. The van der Waals surface area contributed by atoms with Gasteiger partial charge in [-0.05, 0) is 37.5 Å². The zero-order chi connectivity index (χ0) is 13.9. The minimum Gasteiger partial charge on any atom is -0.309 e. The van der Waals surface area contributed by atoms with Gasteiger partial charge in [0.15, 0.2) is 0 Å². The van der Waals surface area contributed by atoms with Gasteiger partial charge in [-0.3, -0.25) is 4.57 Å². The molecule has 0 unspecified atom stereocenters. The molecular formula is C14H24O3P. The zero-order valence-electron chi connectivity index (χ0n) is 12.3. The van der Waals surface area contributed by atoms with Crippen molar-refractivity contribution in [3.05, 3.63) is 29.6 Å². The Morgan fingerprint density at radius 3 is 1.56 bits per heavy atom. The van der Waals surface area contributed by atoms with Crippen molar-refractivity contribution in [1.82, 2.24) is 0 Å². The third-order valence-corrected chi connectivity index (χ3v) is 5.60. The van der Waals surface area contributed by atoms with Gasteiger partial charge in [-0.1, -0.05) is 27.7 Å². The molecule has 1 fully saturated rings. The highest BCUT2D eigenvalue weighted by molar-refractivity contribution is 7.54. The van der Waals surface area contributed by atoms with Gasteiger partial charge in [0, 0.05) is 5.92 Å². The minimum atomic E-state index is -3.00. The number of hydrogen-bond acceptors (Lipinski definition) is 3. The summed E-state index contributed by atoms with van der Waals surface area (Å²) in [5.41, 5.74) is 0. The van der Waals surface area contributed by atoms with Crippen LogP contribution in [0.15, 0.2) is 0 Å². The van der Waals surface area contributed by atoms with Crippen molar-refractivity contribution in [3.63, 3.8) is 0 Å². The molecule has 1 rings (SSSR count). The van der Waals surface area contributed by atoms with Crippen LogP contribution in [0.1, 0.15) is 41.5 Å². The van der Waals surface area contributed by atoms with E-state index in [1.807, 2.05) is 13.8 Å². The molecule has 1 saturated carbocycles. The molecule has 0 spiro atoms. The first-order valence-electron chi connectivity index (χ1n) is 6.46. The van der Waals surface area contributed by atoms with Gasteiger partial charge >= 0.3 is 7.60 Å². The van der Waals surface area contributed by atoms with Gasteiger partial charge in [0.2, 0.25) is 0 Å². The predicted molar refractivity (Wildman–Crippen MR) is 74.6 cm³/mol. The van der Waals surface area contributed by atoms with Crippen LogP contribution in [0.25, 0.3) is 0 Å². The Morgan fingerprint density at radius 1 is 0.833 bits per heavy atom. The van der Waals surface area contributed by atoms with E-state index < -0.39 is 7.60 Å². The molecule has 0 amide bonds. The lowest BCUT2D eigenvalue weighted by Gasteiger charge is -2.25. The van der Waals surface area contributed by atoms with E-state index in [0.717, 1.165) is 5.92 Å². The van der Waals surface area contributed by atoms with Crippen LogP contribution in [0, 0.1) is 29.6 Å². The summed E-state index contributed by atoms with van der Waals surface area (Å²) in [7, 11) is -3.00. The second-order valence-electron chi connectivity index (χ2n) is 4.58. The molecule has 0 heterocycles. The Balaban J connectivity index is 2.78. The van der Waals surface area contributed by atoms with Gasteiger partial charge in [0.1, 0.15) is 0 Å². The van der Waals surface area contributed by atoms with Crippen LogP contribution in [-0.4, -0.2) is 19.4 Å². The van der Waals surface area contributed by atoms with Crippen molar-refractivity contribution < 1.29 is 13.6 Å². The minimum absolute atomic E-state index is 0.376. The average molecular weight is 271 g/mol. The van der Waals surface area contributed by atoms with E-state index in [1.165, 1.54) is 23.7 Å². The van der Waals surface area contributed by atoms with E-state index in [-0.39, 0.29) is 0 Å². The maximum absolute atomic E-state index is 12.6. The average Bonchev–Trinajstić information content (AvgIpc) is 2.48. The van der Waals surface area contributed by atoms with E-state index in [4.69, 9.17) is 9.05 Å². The third-order valence-electron chi connectivity index (χ3n) is 3.60. The third kappa shape index (κ3) is 3.37. The maximum atomic E-state index is 12.6. The van der Waals surface area contributed by atoms with Crippen molar-refractivity contribution in [3.8, 4) is 0 Å². The van der Waals surface area contributed by atoms with Gasteiger partial charge < -0.3 is 9.05 Å². The molecule has 1 aliphatic carbocycles. The molecule has 5 radical (unpaired) electrons. The van der Waals surface area contributed by atoms with Crippen molar-refractivity contribution in [2.75, 3.05) is 19.4 Å². The molecule has 103 valence electrons. The van der Waals surface area contributed by atoms with E-state index in [1.54, 1.807) is 0 Å². The molecule has 0 saturated heterocycles. The van der Waals surface area contributed by atoms with Gasteiger partial charge in [-0.25, -0.2) is 0 Å². The summed E-state index contributed by atoms with van der Waals surface area (Å²) in [4.78, 5) is 0. The molecule has 4 heteroatoms. The van der Waals surface area contributed by atoms with Gasteiger partial charge in [-0.15, -0.1) is 0 Å². The van der Waals surface area contributed by atoms with E-state index in [0.29, 0.717) is 19.4 Å². The number of hydrogen-bond donors (Lipinski definition) is 0. The monoisotopic (exact) mass is 271 g/mol. The standard InChI is InChI=1S/C14H24O3P/c1-7-16-18(15,17-8-2)9-14-12(5)10(3)11(4)13(14)6/h7-9H2,1-6H3. The summed E-state index contributed by atoms with van der Waals surface area (Å²) >= 11 is 0. The van der Waals surface area contributed by atoms with Gasteiger partial charge in [0.25, 0.3) is 0 Å². The summed E-state index contributed by atoms with van der Waals surface area (Å²) in [6.07, 6.45) is 0.376. The molecule has 0 N–H and O–H groups in total. The lowest BCUT2D eigenvalue weighted by Crippen LogP contribution is -2.15. The van der Waals surface area contributed by atoms with Crippen LogP contribution in [0.2, 0.25) is 0 Å². The highest BCUT2D eigenvalue weighted by Crippen LogP contribution is 2.60. The number of rotatable bonds is 6. The van der Waals surface area contributed by atoms with Crippen molar-refractivity contribution in [2.45, 2.75) is 41.5 Å². The molecule has 0 aliphatic heterocycles. The molecule has 0 atom stereocenters. The highest BCUT2D eigenvalue weighted by atomic mass is 31.2. The Hall–Kier alpha value is 0.150. The van der Waals surface area contributed by atoms with E-state index in [2.05, 4.69) is 27.7 Å². The Kier molecular flexibility index (Phi) is 5.89. The lowest BCUT2D eigenvalue weighted by molar-refractivity contribution is 0.221. The molecule has 3 nitrogen and oxygen atoms in total. The fourth-order valence-electron chi connectivity index (χ4n) is 2.25. The van der Waals surface area contributed by atoms with Crippen LogP contribution < -0.4 is 0 Å². The SMILES string of the molecule is CCOP(=O)(C[C]1[C](C)[C](C)[C](C)[C]1C)OCC. The summed E-state index contributed by atoms with van der Waals surface area (Å²) in [5, 5.41) is 0. The highest BCUT2D eigenvalue weighted by Gasteiger charge is 2.46. The van der Waals surface area contributed by atoms with Crippen LogP contribution in [0.5, 0.6) is 0 Å². The lowest BCUT2D eigenvalue weighted by atomic mass is 9.91. The quantitative estimate of drug-likeness (QED) is 0.678. The molecule has 0 bridgehead atoms. The molecular weight excluding hydrogens is 247 g/mol. The predicted octanol–water partition coefficient (Wildman–Crippen LogP) is 4.22. The molecule has 18 heavy (non-hydrogen) atoms. The Morgan fingerprint density at radius 2 is 1.22 bits per heavy atom. The fraction of sp³-hybridized carbons (Fsp3) is 0.643. The molecule has 0 aromatic heterocycles. The Labute approximate surface area is 112 Å². The summed E-state index contributed by atoms with van der Waals surface area (Å²) in [5.74, 6) is 6.11.